The summed E-state index contributed by atoms with van der Waals surface area (Å²) >= 11 is 1.80. The summed E-state index contributed by atoms with van der Waals surface area (Å²) in [6.07, 6.45) is 0. The van der Waals surface area contributed by atoms with Gasteiger partial charge < -0.3 is 18.1 Å². The van der Waals surface area contributed by atoms with Gasteiger partial charge in [0, 0.05) is 136 Å². The van der Waals surface area contributed by atoms with Crippen molar-refractivity contribution >= 4 is 119 Å². The first kappa shape index (κ1) is 78.6. The molecular weight excluding hydrogens is 1660 g/mol. The van der Waals surface area contributed by atoms with E-state index in [0.717, 1.165) is 105 Å². The monoisotopic (exact) mass is 1730 g/mol. The third kappa shape index (κ3) is 13.6. The van der Waals surface area contributed by atoms with Crippen LogP contribution in [0.15, 0.2) is 441 Å². The average molecular weight is 1740 g/mol. The third-order valence-corrected chi connectivity index (χ3v) is 27.2. The van der Waals surface area contributed by atoms with E-state index >= 15 is 0 Å². The standard InChI is InChI=1S/C42H30N4.C39H24N4O.C39H24N4S/c1-42(2)35-19-11-9-17-31(35)33-26-38-34(25-36(33)42)32-18-10-12-20-37(32)46(38)30-23-21-29(22-24-30)41-44-39(27-13-5-3-6-14-27)43-40(45-41)28-15-7-4-8-16-28;1-3-11-25(12-4-1)37-40-38(26-13-5-2-6-14-26)42-39(41-37)27-19-21-28(22-20-27)43-33-17-9-7-15-29(33)31-23-24-32-30-16-8-10-18-34(30)44-36(32)35(31)43;1-4-13-25(14-5-1)37-40-38(26-15-6-2-7-16-26)42-39(41-37)30-21-12-20-29-32-23-31-28-19-10-11-22-33(28)43(27-17-8-3-9-18-27)34(31)24-35(32)44-36(29)30/h3-26H,1-2H3;2*1-24H. The molecule has 8 aromatic heterocycles. The molecule has 14 heteroatoms. The van der Waals surface area contributed by atoms with E-state index in [0.29, 0.717) is 52.4 Å². The number of fused-ring (bicyclic) bond motifs is 19. The summed E-state index contributed by atoms with van der Waals surface area (Å²) in [6.45, 7) is 4.68. The van der Waals surface area contributed by atoms with E-state index in [9.17, 15) is 0 Å². The first-order valence-corrected chi connectivity index (χ1v) is 45.8. The van der Waals surface area contributed by atoms with Crippen LogP contribution in [0.25, 0.3) is 238 Å². The highest BCUT2D eigenvalue weighted by atomic mass is 32.1. The lowest BCUT2D eigenvalue weighted by Gasteiger charge is -2.21. The Hall–Kier alpha value is -17.6. The molecule has 0 spiro atoms. The third-order valence-electron chi connectivity index (χ3n) is 26.0. The van der Waals surface area contributed by atoms with E-state index in [4.69, 9.17) is 49.3 Å². The van der Waals surface area contributed by atoms with Crippen molar-refractivity contribution in [2.45, 2.75) is 19.3 Å². The Kier molecular flexibility index (Phi) is 19.1. The lowest BCUT2D eigenvalue weighted by molar-refractivity contribution is 0.661. The maximum atomic E-state index is 6.51. The molecule has 8 heterocycles. The summed E-state index contributed by atoms with van der Waals surface area (Å²) in [7, 11) is 0. The lowest BCUT2D eigenvalue weighted by Crippen LogP contribution is -2.14. The van der Waals surface area contributed by atoms with Crippen LogP contribution in [-0.4, -0.2) is 58.6 Å². The molecule has 0 saturated carbocycles. The molecule has 0 saturated heterocycles. The molecule has 0 N–H and O–H groups in total. The van der Waals surface area contributed by atoms with Crippen molar-refractivity contribution < 1.29 is 4.42 Å². The van der Waals surface area contributed by atoms with Crippen LogP contribution < -0.4 is 0 Å². The Morgan fingerprint density at radius 2 is 0.560 bits per heavy atom. The Balaban J connectivity index is 0.000000108. The SMILES string of the molecule is CC1(C)c2ccccc2-c2cc3c(cc21)c1ccccc1n3-c1ccc(-c2nc(-c3ccccc3)nc(-c3ccccc3)n2)cc1.c1ccc(-c2nc(-c3ccccc3)nc(-c3ccc(-n4c5ccccc5c5ccc6c7ccccc7oc6c54)cc3)n2)cc1.c1ccc(-c2nc(-c3ccccc3)nc(-c3cccc4c3sc3cc5c(cc34)c3ccccc3n5-c3ccccc3)n2)cc1. The van der Waals surface area contributed by atoms with E-state index in [-0.39, 0.29) is 5.41 Å². The molecule has 0 radical (unpaired) electrons. The first-order valence-electron chi connectivity index (χ1n) is 45.0. The molecule has 630 valence electrons. The van der Waals surface area contributed by atoms with Gasteiger partial charge in [0.15, 0.2) is 58.0 Å². The fourth-order valence-electron chi connectivity index (χ4n) is 19.6. The zero-order valence-electron chi connectivity index (χ0n) is 72.8. The summed E-state index contributed by atoms with van der Waals surface area (Å²) in [5, 5.41) is 12.1. The van der Waals surface area contributed by atoms with Gasteiger partial charge in [-0.25, -0.2) is 44.9 Å². The maximum absolute atomic E-state index is 6.51. The number of nitrogens with zero attached hydrogens (tertiary/aromatic N) is 12. The van der Waals surface area contributed by atoms with Crippen molar-refractivity contribution in [2.24, 2.45) is 0 Å². The van der Waals surface area contributed by atoms with Gasteiger partial charge in [0.05, 0.1) is 33.1 Å². The predicted octanol–water partition coefficient (Wildman–Crippen LogP) is 30.5. The summed E-state index contributed by atoms with van der Waals surface area (Å²) < 4.78 is 16.0. The van der Waals surface area contributed by atoms with E-state index < -0.39 is 0 Å². The topological polar surface area (TPSA) is 144 Å². The summed E-state index contributed by atoms with van der Waals surface area (Å²) in [5.41, 5.74) is 26.1. The second kappa shape index (κ2) is 32.6. The van der Waals surface area contributed by atoms with Crippen molar-refractivity contribution in [1.82, 2.24) is 58.6 Å². The second-order valence-corrected chi connectivity index (χ2v) is 35.3. The van der Waals surface area contributed by atoms with Crippen LogP contribution >= 0.6 is 11.3 Å². The smallest absolute Gasteiger partial charge is 0.165 e. The summed E-state index contributed by atoms with van der Waals surface area (Å²) in [5.74, 6) is 5.91. The minimum atomic E-state index is -0.0489. The quantitative estimate of drug-likeness (QED) is 0.116. The van der Waals surface area contributed by atoms with Crippen LogP contribution in [0.3, 0.4) is 0 Å². The van der Waals surface area contributed by atoms with Crippen LogP contribution in [-0.2, 0) is 5.41 Å². The van der Waals surface area contributed by atoms with Crippen LogP contribution in [0.2, 0.25) is 0 Å². The average Bonchev–Trinajstić information content (AvgIpc) is 1.56. The fourth-order valence-corrected chi connectivity index (χ4v) is 20.8. The Labute approximate surface area is 774 Å². The number of benzene rings is 18. The minimum absolute atomic E-state index is 0.0489. The van der Waals surface area contributed by atoms with E-state index in [1.807, 2.05) is 194 Å². The van der Waals surface area contributed by atoms with Gasteiger partial charge in [-0.2, -0.15) is 0 Å². The molecule has 0 atom stereocenters. The van der Waals surface area contributed by atoms with Gasteiger partial charge in [0.1, 0.15) is 5.58 Å². The normalized spacial score (nSPS) is 12.2. The van der Waals surface area contributed by atoms with Crippen LogP contribution in [0.4, 0.5) is 0 Å². The Bertz CT molecular complexity index is 8880. The highest BCUT2D eigenvalue weighted by molar-refractivity contribution is 7.26. The molecule has 0 aliphatic heterocycles. The second-order valence-electron chi connectivity index (χ2n) is 34.3. The van der Waals surface area contributed by atoms with E-state index in [2.05, 4.69) is 270 Å². The van der Waals surface area contributed by atoms with Gasteiger partial charge in [-0.15, -0.1) is 11.3 Å². The molecule has 134 heavy (non-hydrogen) atoms. The molecule has 1 aliphatic carbocycles. The van der Waals surface area contributed by atoms with Crippen molar-refractivity contribution in [2.75, 3.05) is 0 Å². The maximum Gasteiger partial charge on any atom is 0.165 e. The molecule has 26 aromatic rings. The Morgan fingerprint density at radius 3 is 1.04 bits per heavy atom. The molecule has 27 rings (SSSR count). The number of hydrogen-bond donors (Lipinski definition) is 0. The fraction of sp³-hybridized carbons (Fsp3) is 0.0250. The van der Waals surface area contributed by atoms with Crippen molar-refractivity contribution in [3.8, 4) is 131 Å². The van der Waals surface area contributed by atoms with E-state index in [1.165, 1.54) is 91.4 Å². The molecule has 0 unspecified atom stereocenters. The van der Waals surface area contributed by atoms with Crippen molar-refractivity contribution in [1.29, 1.82) is 0 Å². The zero-order chi connectivity index (χ0) is 88.9. The van der Waals surface area contributed by atoms with Gasteiger partial charge in [-0.1, -0.05) is 329 Å². The van der Waals surface area contributed by atoms with Gasteiger partial charge in [0.2, 0.25) is 0 Å². The molecule has 1 aliphatic rings. The number of rotatable bonds is 12. The molecule has 0 bridgehead atoms. The highest BCUT2D eigenvalue weighted by Gasteiger charge is 2.37. The van der Waals surface area contributed by atoms with Crippen molar-refractivity contribution in [3.05, 3.63) is 448 Å². The van der Waals surface area contributed by atoms with Crippen LogP contribution in [0, 0.1) is 0 Å². The van der Waals surface area contributed by atoms with Crippen molar-refractivity contribution in [3.63, 3.8) is 0 Å². The number of aromatic nitrogens is 12. The first-order chi connectivity index (χ1) is 66.2. The Morgan fingerprint density at radius 1 is 0.216 bits per heavy atom. The molecular formula is C120H78N12OS. The number of furan rings is 1. The zero-order valence-corrected chi connectivity index (χ0v) is 73.6. The number of hydrogen-bond acceptors (Lipinski definition) is 11. The minimum Gasteiger partial charge on any atom is -0.454 e. The largest absolute Gasteiger partial charge is 0.454 e. The van der Waals surface area contributed by atoms with Gasteiger partial charge in [0.25, 0.3) is 0 Å². The summed E-state index contributed by atoms with van der Waals surface area (Å²) in [4.78, 5) is 44.4. The molecule has 0 fully saturated rings. The van der Waals surface area contributed by atoms with Crippen LogP contribution in [0.1, 0.15) is 25.0 Å². The lowest BCUT2D eigenvalue weighted by atomic mass is 9.82. The van der Waals surface area contributed by atoms with Crippen LogP contribution in [0.5, 0.6) is 0 Å². The number of thiophene rings is 1. The predicted molar refractivity (Wildman–Crippen MR) is 549 cm³/mol. The van der Waals surface area contributed by atoms with Gasteiger partial charge in [-0.3, -0.25) is 0 Å². The summed E-state index contributed by atoms with van der Waals surface area (Å²) in [6, 6.07) is 152. The molecule has 0 amide bonds. The molecule has 13 nitrogen and oxygen atoms in total. The van der Waals surface area contributed by atoms with Gasteiger partial charge in [-0.05, 0) is 144 Å². The number of para-hydroxylation sites is 5. The highest BCUT2D eigenvalue weighted by Crippen LogP contribution is 2.52. The van der Waals surface area contributed by atoms with Gasteiger partial charge >= 0.3 is 0 Å². The molecule has 18 aromatic carbocycles. The van der Waals surface area contributed by atoms with E-state index in [1.54, 1.807) is 11.3 Å².